The maximum atomic E-state index is 12.9. The molecule has 0 saturated carbocycles. The van der Waals surface area contributed by atoms with E-state index in [9.17, 15) is 4.79 Å². The van der Waals surface area contributed by atoms with Gasteiger partial charge in [0.25, 0.3) is 5.91 Å². The molecule has 1 fully saturated rings. The molecule has 2 aromatic rings. The van der Waals surface area contributed by atoms with Crippen LogP contribution < -0.4 is 4.90 Å². The number of hydrogen-bond acceptors (Lipinski definition) is 6. The van der Waals surface area contributed by atoms with Crippen LogP contribution in [0.3, 0.4) is 0 Å². The Morgan fingerprint density at radius 3 is 2.67 bits per heavy atom. The highest BCUT2D eigenvalue weighted by atomic mass is 16.2. The molecule has 1 aliphatic heterocycles. The van der Waals surface area contributed by atoms with Crippen molar-refractivity contribution in [2.24, 2.45) is 0 Å². The topological polar surface area (TPSA) is 80.0 Å². The first-order valence-corrected chi connectivity index (χ1v) is 8.25. The van der Waals surface area contributed by atoms with Crippen LogP contribution in [-0.2, 0) is 6.54 Å². The Bertz CT molecular complexity index is 723. The normalized spacial score (nSPS) is 17.3. The number of likely N-dealkylation sites (tertiary alicyclic amines) is 1. The third-order valence-corrected chi connectivity index (χ3v) is 4.29. The number of amides is 1. The van der Waals surface area contributed by atoms with Crippen molar-refractivity contribution in [1.29, 1.82) is 0 Å². The number of rotatable bonds is 4. The maximum Gasteiger partial charge on any atom is 0.276 e. The number of aryl methyl sites for hydroxylation is 2. The molecule has 2 aromatic heterocycles. The summed E-state index contributed by atoms with van der Waals surface area (Å²) in [5, 5.41) is 17.1. The third kappa shape index (κ3) is 2.95. The average Bonchev–Trinajstić information content (AvgIpc) is 3.20. The molecule has 8 nitrogen and oxygen atoms in total. The van der Waals surface area contributed by atoms with Gasteiger partial charge in [-0.25, -0.2) is 0 Å². The molecule has 24 heavy (non-hydrogen) atoms. The lowest BCUT2D eigenvalue weighted by molar-refractivity contribution is 0.0724. The molecule has 1 atom stereocenters. The van der Waals surface area contributed by atoms with Crippen LogP contribution in [0.25, 0.3) is 0 Å². The Morgan fingerprint density at radius 2 is 2.08 bits per heavy atom. The minimum absolute atomic E-state index is 0.0487. The Morgan fingerprint density at radius 1 is 1.29 bits per heavy atom. The van der Waals surface area contributed by atoms with Gasteiger partial charge in [0, 0.05) is 20.6 Å². The van der Waals surface area contributed by atoms with Crippen molar-refractivity contribution in [2.75, 3.05) is 25.5 Å². The van der Waals surface area contributed by atoms with E-state index in [2.05, 4.69) is 20.4 Å². The fourth-order valence-corrected chi connectivity index (χ4v) is 2.97. The number of carbonyl (C=O) groups excluding carboxylic acids is 1. The zero-order valence-corrected chi connectivity index (χ0v) is 14.6. The van der Waals surface area contributed by atoms with Gasteiger partial charge in [-0.15, -0.1) is 10.2 Å². The number of carbonyl (C=O) groups is 1. The Hall–Kier alpha value is -2.51. The van der Waals surface area contributed by atoms with Crippen molar-refractivity contribution in [3.05, 3.63) is 29.2 Å². The molecule has 3 heterocycles. The maximum absolute atomic E-state index is 12.9. The standard InChI is InChI=1S/C16H23N7O/c1-5-23-19-11(2)15(20-23)16(24)22-10-6-7-13(22)12-8-9-14(18-17-12)21(3)4/h8-9,13H,5-7,10H2,1-4H3. The van der Waals surface area contributed by atoms with Gasteiger partial charge in [0.15, 0.2) is 11.5 Å². The first kappa shape index (κ1) is 16.4. The van der Waals surface area contributed by atoms with Gasteiger partial charge in [-0.1, -0.05) is 0 Å². The second-order valence-corrected chi connectivity index (χ2v) is 6.19. The summed E-state index contributed by atoms with van der Waals surface area (Å²) in [5.74, 6) is 0.726. The van der Waals surface area contributed by atoms with Gasteiger partial charge in [-0.05, 0) is 38.8 Å². The third-order valence-electron chi connectivity index (χ3n) is 4.29. The van der Waals surface area contributed by atoms with E-state index in [1.54, 1.807) is 4.80 Å². The predicted octanol–water partition coefficient (Wildman–Crippen LogP) is 1.44. The van der Waals surface area contributed by atoms with Gasteiger partial charge < -0.3 is 9.80 Å². The summed E-state index contributed by atoms with van der Waals surface area (Å²) in [7, 11) is 3.85. The van der Waals surface area contributed by atoms with Crippen molar-refractivity contribution in [2.45, 2.75) is 39.3 Å². The summed E-state index contributed by atoms with van der Waals surface area (Å²) < 4.78 is 0. The second-order valence-electron chi connectivity index (χ2n) is 6.19. The van der Waals surface area contributed by atoms with Crippen molar-refractivity contribution in [3.63, 3.8) is 0 Å². The molecule has 0 spiro atoms. The monoisotopic (exact) mass is 329 g/mol. The molecular formula is C16H23N7O. The first-order valence-electron chi connectivity index (χ1n) is 8.25. The summed E-state index contributed by atoms with van der Waals surface area (Å²) >= 11 is 0. The van der Waals surface area contributed by atoms with Crippen LogP contribution in [0.15, 0.2) is 12.1 Å². The van der Waals surface area contributed by atoms with E-state index in [0.717, 1.165) is 24.4 Å². The van der Waals surface area contributed by atoms with Crippen LogP contribution in [0.4, 0.5) is 5.82 Å². The summed E-state index contributed by atoms with van der Waals surface area (Å²) in [6, 6.07) is 3.84. The van der Waals surface area contributed by atoms with Crippen molar-refractivity contribution < 1.29 is 4.79 Å². The molecule has 0 bridgehead atoms. The van der Waals surface area contributed by atoms with Gasteiger partial charge >= 0.3 is 0 Å². The number of aromatic nitrogens is 5. The van der Waals surface area contributed by atoms with E-state index >= 15 is 0 Å². The van der Waals surface area contributed by atoms with Crippen LogP contribution in [0, 0.1) is 6.92 Å². The van der Waals surface area contributed by atoms with Crippen LogP contribution in [0.1, 0.15) is 47.7 Å². The van der Waals surface area contributed by atoms with E-state index in [4.69, 9.17) is 0 Å². The molecule has 1 saturated heterocycles. The van der Waals surface area contributed by atoms with E-state index in [0.29, 0.717) is 24.5 Å². The van der Waals surface area contributed by atoms with Crippen molar-refractivity contribution in [3.8, 4) is 0 Å². The molecule has 0 aromatic carbocycles. The molecule has 3 rings (SSSR count). The van der Waals surface area contributed by atoms with Gasteiger partial charge in [-0.2, -0.15) is 15.0 Å². The van der Waals surface area contributed by atoms with Crippen LogP contribution in [0.5, 0.6) is 0 Å². The number of anilines is 1. The zero-order valence-electron chi connectivity index (χ0n) is 14.6. The molecule has 1 aliphatic rings. The number of hydrogen-bond donors (Lipinski definition) is 0. The second kappa shape index (κ2) is 6.54. The zero-order chi connectivity index (χ0) is 17.3. The molecule has 0 N–H and O–H groups in total. The van der Waals surface area contributed by atoms with Crippen LogP contribution in [-0.4, -0.2) is 56.6 Å². The van der Waals surface area contributed by atoms with E-state index in [-0.39, 0.29) is 11.9 Å². The Kier molecular flexibility index (Phi) is 4.46. The van der Waals surface area contributed by atoms with Crippen molar-refractivity contribution in [1.82, 2.24) is 30.1 Å². The SMILES string of the molecule is CCn1nc(C)c(C(=O)N2CCCC2c2ccc(N(C)C)nn2)n1. The van der Waals surface area contributed by atoms with E-state index < -0.39 is 0 Å². The highest BCUT2D eigenvalue weighted by Gasteiger charge is 2.34. The summed E-state index contributed by atoms with van der Waals surface area (Å²) in [5.41, 5.74) is 1.93. The smallest absolute Gasteiger partial charge is 0.276 e. The molecule has 128 valence electrons. The summed E-state index contributed by atoms with van der Waals surface area (Å²) in [6.45, 7) is 5.13. The molecule has 1 amide bonds. The molecule has 0 aliphatic carbocycles. The highest BCUT2D eigenvalue weighted by molar-refractivity contribution is 5.93. The summed E-state index contributed by atoms with van der Waals surface area (Å²) in [6.07, 6.45) is 1.84. The minimum atomic E-state index is -0.0758. The first-order chi connectivity index (χ1) is 11.5. The molecular weight excluding hydrogens is 306 g/mol. The van der Waals surface area contributed by atoms with Crippen molar-refractivity contribution >= 4 is 11.7 Å². The quantitative estimate of drug-likeness (QED) is 0.844. The van der Waals surface area contributed by atoms with Gasteiger partial charge in [-0.3, -0.25) is 4.79 Å². The minimum Gasteiger partial charge on any atom is -0.361 e. The highest BCUT2D eigenvalue weighted by Crippen LogP contribution is 2.32. The lowest BCUT2D eigenvalue weighted by Gasteiger charge is -2.23. The predicted molar refractivity (Wildman–Crippen MR) is 89.8 cm³/mol. The summed E-state index contributed by atoms with van der Waals surface area (Å²) in [4.78, 5) is 18.2. The Balaban J connectivity index is 1.84. The Labute approximate surface area is 141 Å². The number of nitrogens with zero attached hydrogens (tertiary/aromatic N) is 7. The average molecular weight is 329 g/mol. The largest absolute Gasteiger partial charge is 0.361 e. The van der Waals surface area contributed by atoms with Gasteiger partial charge in [0.2, 0.25) is 0 Å². The van der Waals surface area contributed by atoms with Crippen LogP contribution in [0.2, 0.25) is 0 Å². The van der Waals surface area contributed by atoms with E-state index in [1.807, 2.05) is 49.9 Å². The molecule has 1 unspecified atom stereocenters. The van der Waals surface area contributed by atoms with E-state index in [1.165, 1.54) is 0 Å². The van der Waals surface area contributed by atoms with Gasteiger partial charge in [0.05, 0.1) is 24.0 Å². The fraction of sp³-hybridized carbons (Fsp3) is 0.562. The lowest BCUT2D eigenvalue weighted by atomic mass is 10.1. The fourth-order valence-electron chi connectivity index (χ4n) is 2.97. The van der Waals surface area contributed by atoms with Crippen LogP contribution >= 0.6 is 0 Å². The van der Waals surface area contributed by atoms with Gasteiger partial charge in [0.1, 0.15) is 0 Å². The molecule has 0 radical (unpaired) electrons. The molecule has 8 heteroatoms. The lowest BCUT2D eigenvalue weighted by Crippen LogP contribution is -2.32.